The highest BCUT2D eigenvalue weighted by molar-refractivity contribution is 5.90. The summed E-state index contributed by atoms with van der Waals surface area (Å²) in [7, 11) is 0. The lowest BCUT2D eigenvalue weighted by Crippen LogP contribution is -2.39. The Kier molecular flexibility index (Phi) is 3.53. The number of rotatable bonds is 4. The van der Waals surface area contributed by atoms with Gasteiger partial charge < -0.3 is 10.4 Å². The van der Waals surface area contributed by atoms with Crippen molar-refractivity contribution < 1.29 is 9.90 Å². The van der Waals surface area contributed by atoms with E-state index < -0.39 is 5.97 Å². The van der Waals surface area contributed by atoms with Crippen molar-refractivity contribution in [2.75, 3.05) is 5.32 Å². The monoisotopic (exact) mass is 321 g/mol. The van der Waals surface area contributed by atoms with Crippen LogP contribution in [0.3, 0.4) is 0 Å². The summed E-state index contributed by atoms with van der Waals surface area (Å²) in [4.78, 5) is 28.3. The molecule has 3 aromatic rings. The van der Waals surface area contributed by atoms with Crippen molar-refractivity contribution in [1.29, 1.82) is 0 Å². The van der Waals surface area contributed by atoms with Crippen LogP contribution in [0.1, 0.15) is 12.8 Å². The van der Waals surface area contributed by atoms with E-state index in [0.29, 0.717) is 24.5 Å². The number of carboxylic acid groups (broad SMARTS) is 1. The molecule has 7 heteroatoms. The van der Waals surface area contributed by atoms with Gasteiger partial charge in [-0.25, -0.2) is 9.97 Å². The third kappa shape index (κ3) is 2.64. The predicted octanol–water partition coefficient (Wildman–Crippen LogP) is 2.36. The van der Waals surface area contributed by atoms with Gasteiger partial charge in [0, 0.05) is 35.6 Å². The SMILES string of the molecule is O=C(O)C1CC(Nc2nc(-c3ccncc3)nc3cnccc23)C1. The van der Waals surface area contributed by atoms with Gasteiger partial charge in [-0.2, -0.15) is 0 Å². The van der Waals surface area contributed by atoms with Crippen LogP contribution in [-0.4, -0.2) is 37.1 Å². The zero-order valence-electron chi connectivity index (χ0n) is 12.8. The molecule has 24 heavy (non-hydrogen) atoms. The molecule has 3 heterocycles. The second-order valence-electron chi connectivity index (χ2n) is 5.87. The second kappa shape index (κ2) is 5.84. The van der Waals surface area contributed by atoms with Crippen molar-refractivity contribution in [3.63, 3.8) is 0 Å². The van der Waals surface area contributed by atoms with E-state index >= 15 is 0 Å². The van der Waals surface area contributed by atoms with Gasteiger partial charge in [-0.1, -0.05) is 0 Å². The Hall–Kier alpha value is -3.09. The predicted molar refractivity (Wildman–Crippen MR) is 88.3 cm³/mol. The van der Waals surface area contributed by atoms with Crippen molar-refractivity contribution in [3.05, 3.63) is 43.0 Å². The maximum absolute atomic E-state index is 11.0. The molecular weight excluding hydrogens is 306 g/mol. The minimum Gasteiger partial charge on any atom is -0.481 e. The van der Waals surface area contributed by atoms with Crippen LogP contribution >= 0.6 is 0 Å². The van der Waals surface area contributed by atoms with E-state index in [4.69, 9.17) is 5.11 Å². The topological polar surface area (TPSA) is 101 Å². The molecule has 120 valence electrons. The number of nitrogens with zero attached hydrogens (tertiary/aromatic N) is 4. The van der Waals surface area contributed by atoms with Crippen LogP contribution in [0.2, 0.25) is 0 Å². The Morgan fingerprint density at radius 2 is 1.83 bits per heavy atom. The van der Waals surface area contributed by atoms with Gasteiger partial charge in [-0.3, -0.25) is 14.8 Å². The number of nitrogens with one attached hydrogen (secondary N) is 1. The standard InChI is InChI=1S/C17H15N5O2/c23-17(24)11-7-12(8-11)20-16-13-3-6-19-9-14(13)21-15(22-16)10-1-4-18-5-2-10/h1-6,9,11-12H,7-8H2,(H,23,24)(H,20,21,22). The maximum Gasteiger partial charge on any atom is 0.306 e. The van der Waals surface area contributed by atoms with E-state index in [2.05, 4.69) is 25.3 Å². The normalized spacial score (nSPS) is 19.7. The molecule has 3 aromatic heterocycles. The number of hydrogen-bond acceptors (Lipinski definition) is 6. The average molecular weight is 321 g/mol. The molecule has 0 unspecified atom stereocenters. The van der Waals surface area contributed by atoms with Gasteiger partial charge >= 0.3 is 5.97 Å². The zero-order valence-corrected chi connectivity index (χ0v) is 12.8. The van der Waals surface area contributed by atoms with Gasteiger partial charge in [0.05, 0.1) is 17.6 Å². The number of aromatic nitrogens is 4. The molecule has 1 aliphatic rings. The molecular formula is C17H15N5O2. The Bertz CT molecular complexity index is 894. The number of carbonyl (C=O) groups is 1. The first-order valence-electron chi connectivity index (χ1n) is 7.72. The summed E-state index contributed by atoms with van der Waals surface area (Å²) in [5.41, 5.74) is 1.62. The summed E-state index contributed by atoms with van der Waals surface area (Å²) in [6.07, 6.45) is 8.01. The van der Waals surface area contributed by atoms with Crippen LogP contribution in [0, 0.1) is 5.92 Å². The largest absolute Gasteiger partial charge is 0.481 e. The number of aliphatic carboxylic acids is 1. The van der Waals surface area contributed by atoms with Crippen LogP contribution in [-0.2, 0) is 4.79 Å². The highest BCUT2D eigenvalue weighted by Gasteiger charge is 2.34. The molecule has 0 aliphatic heterocycles. The van der Waals surface area contributed by atoms with E-state index in [9.17, 15) is 4.79 Å². The van der Waals surface area contributed by atoms with Crippen molar-refractivity contribution in [2.45, 2.75) is 18.9 Å². The molecule has 2 N–H and O–H groups in total. The lowest BCUT2D eigenvalue weighted by Gasteiger charge is -2.33. The van der Waals surface area contributed by atoms with Crippen molar-refractivity contribution in [3.8, 4) is 11.4 Å². The lowest BCUT2D eigenvalue weighted by atomic mass is 9.80. The average Bonchev–Trinajstić information content (AvgIpc) is 2.57. The molecule has 1 saturated carbocycles. The van der Waals surface area contributed by atoms with Gasteiger partial charge in [0.1, 0.15) is 5.82 Å². The molecule has 0 spiro atoms. The number of pyridine rings is 2. The Morgan fingerprint density at radius 3 is 2.58 bits per heavy atom. The van der Waals surface area contributed by atoms with Crippen LogP contribution in [0.5, 0.6) is 0 Å². The Balaban J connectivity index is 1.70. The Labute approximate surface area is 137 Å². The molecule has 0 saturated heterocycles. The van der Waals surface area contributed by atoms with Gasteiger partial charge in [-0.15, -0.1) is 0 Å². The van der Waals surface area contributed by atoms with Crippen molar-refractivity contribution in [2.24, 2.45) is 5.92 Å². The zero-order chi connectivity index (χ0) is 16.5. The van der Waals surface area contributed by atoms with Crippen LogP contribution in [0.25, 0.3) is 22.3 Å². The number of hydrogen-bond donors (Lipinski definition) is 2. The third-order valence-corrected chi connectivity index (χ3v) is 4.27. The van der Waals surface area contributed by atoms with E-state index in [-0.39, 0.29) is 12.0 Å². The Morgan fingerprint density at radius 1 is 1.08 bits per heavy atom. The summed E-state index contributed by atoms with van der Waals surface area (Å²) in [5, 5.41) is 13.2. The summed E-state index contributed by atoms with van der Waals surface area (Å²) in [5.74, 6) is 0.303. The molecule has 0 bridgehead atoms. The summed E-state index contributed by atoms with van der Waals surface area (Å²) in [6.45, 7) is 0. The first-order valence-corrected chi connectivity index (χ1v) is 7.72. The maximum atomic E-state index is 11.0. The van der Waals surface area contributed by atoms with Gasteiger partial charge in [0.2, 0.25) is 0 Å². The van der Waals surface area contributed by atoms with Crippen molar-refractivity contribution in [1.82, 2.24) is 19.9 Å². The molecule has 7 nitrogen and oxygen atoms in total. The fourth-order valence-corrected chi connectivity index (χ4v) is 2.85. The fourth-order valence-electron chi connectivity index (χ4n) is 2.85. The second-order valence-corrected chi connectivity index (χ2v) is 5.87. The highest BCUT2D eigenvalue weighted by Crippen LogP contribution is 2.32. The van der Waals surface area contributed by atoms with Crippen LogP contribution < -0.4 is 5.32 Å². The van der Waals surface area contributed by atoms with E-state index in [0.717, 1.165) is 16.5 Å². The quantitative estimate of drug-likeness (QED) is 0.760. The van der Waals surface area contributed by atoms with Crippen LogP contribution in [0.4, 0.5) is 5.82 Å². The molecule has 0 amide bonds. The highest BCUT2D eigenvalue weighted by atomic mass is 16.4. The molecule has 0 aromatic carbocycles. The number of fused-ring (bicyclic) bond motifs is 1. The van der Waals surface area contributed by atoms with Crippen molar-refractivity contribution >= 4 is 22.7 Å². The van der Waals surface area contributed by atoms with Gasteiger partial charge in [0.25, 0.3) is 0 Å². The first kappa shape index (κ1) is 14.5. The third-order valence-electron chi connectivity index (χ3n) is 4.27. The lowest BCUT2D eigenvalue weighted by molar-refractivity contribution is -0.144. The summed E-state index contributed by atoms with van der Waals surface area (Å²) >= 11 is 0. The smallest absolute Gasteiger partial charge is 0.306 e. The first-order chi connectivity index (χ1) is 11.7. The van der Waals surface area contributed by atoms with Gasteiger partial charge in [-0.05, 0) is 31.0 Å². The minimum absolute atomic E-state index is 0.114. The minimum atomic E-state index is -0.734. The molecule has 1 aliphatic carbocycles. The van der Waals surface area contributed by atoms with E-state index in [1.807, 2.05) is 18.2 Å². The number of carboxylic acids is 1. The molecule has 1 fully saturated rings. The van der Waals surface area contributed by atoms with Crippen LogP contribution in [0.15, 0.2) is 43.0 Å². The van der Waals surface area contributed by atoms with E-state index in [1.54, 1.807) is 24.8 Å². The summed E-state index contributed by atoms with van der Waals surface area (Å²) in [6, 6.07) is 5.68. The van der Waals surface area contributed by atoms with Gasteiger partial charge in [0.15, 0.2) is 5.82 Å². The molecule has 0 atom stereocenters. The molecule has 4 rings (SSSR count). The summed E-state index contributed by atoms with van der Waals surface area (Å²) < 4.78 is 0. The number of anilines is 1. The van der Waals surface area contributed by atoms with E-state index in [1.165, 1.54) is 0 Å². The molecule has 0 radical (unpaired) electrons. The fraction of sp³-hybridized carbons (Fsp3) is 0.235.